The second kappa shape index (κ2) is 13.8. The van der Waals surface area contributed by atoms with Gasteiger partial charge >= 0.3 is 12.1 Å². The molecule has 0 aromatic heterocycles. The van der Waals surface area contributed by atoms with Crippen molar-refractivity contribution in [1.29, 1.82) is 0 Å². The summed E-state index contributed by atoms with van der Waals surface area (Å²) in [5, 5.41) is 6.45. The van der Waals surface area contributed by atoms with Crippen molar-refractivity contribution in [3.05, 3.63) is 120 Å². The third kappa shape index (κ3) is 7.47. The molecule has 1 atom stereocenters. The fourth-order valence-corrected chi connectivity index (χ4v) is 5.51. The first-order chi connectivity index (χ1) is 21.2. The highest BCUT2D eigenvalue weighted by atomic mass is 19.4. The number of ether oxygens (including phenoxy) is 1. The summed E-state index contributed by atoms with van der Waals surface area (Å²) >= 11 is 0. The van der Waals surface area contributed by atoms with Gasteiger partial charge in [0, 0.05) is 36.1 Å². The van der Waals surface area contributed by atoms with Gasteiger partial charge in [-0.15, -0.1) is 0 Å². The number of benzene rings is 4. The van der Waals surface area contributed by atoms with Gasteiger partial charge in [-0.1, -0.05) is 60.7 Å². The number of hydrogen-bond acceptors (Lipinski definition) is 5. The lowest BCUT2D eigenvalue weighted by atomic mass is 9.98. The van der Waals surface area contributed by atoms with Crippen LogP contribution in [0, 0.1) is 0 Å². The van der Waals surface area contributed by atoms with E-state index in [0.717, 1.165) is 49.3 Å². The standard InChI is InChI=1S/C35H34F3N3O3/c1-2-44-34(43)32(25-8-4-3-5-9-25)41-22-20-29(21-23-41)39-27-16-18-28(19-17-27)40-33(42)31-11-7-6-10-30(31)24-12-14-26(15-13-24)35(36,37)38/h3-19,29,32,39H,2,20-23H2,1H3,(H,40,42). The molecule has 4 aromatic carbocycles. The van der Waals surface area contributed by atoms with Crippen molar-refractivity contribution >= 4 is 23.3 Å². The summed E-state index contributed by atoms with van der Waals surface area (Å²) in [6, 6.07) is 28.5. The fourth-order valence-electron chi connectivity index (χ4n) is 5.51. The SMILES string of the molecule is CCOC(=O)C(c1ccccc1)N1CCC(Nc2ccc(NC(=O)c3ccccc3-c3ccc(C(F)(F)F)cc3)cc2)CC1. The lowest BCUT2D eigenvalue weighted by Crippen LogP contribution is -2.44. The van der Waals surface area contributed by atoms with Crippen LogP contribution in [-0.2, 0) is 15.7 Å². The fraction of sp³-hybridized carbons (Fsp3) is 0.257. The Morgan fingerprint density at radius 3 is 2.09 bits per heavy atom. The number of nitrogens with one attached hydrogen (secondary N) is 2. The summed E-state index contributed by atoms with van der Waals surface area (Å²) in [6.07, 6.45) is -2.73. The van der Waals surface area contributed by atoms with Gasteiger partial charge in [0.25, 0.3) is 5.91 Å². The van der Waals surface area contributed by atoms with Crippen LogP contribution >= 0.6 is 0 Å². The molecule has 1 amide bonds. The number of likely N-dealkylation sites (tertiary alicyclic amines) is 1. The van der Waals surface area contributed by atoms with Crippen LogP contribution in [0.4, 0.5) is 24.5 Å². The van der Waals surface area contributed by atoms with Crippen LogP contribution in [0.25, 0.3) is 11.1 Å². The maximum Gasteiger partial charge on any atom is 0.416 e. The van der Waals surface area contributed by atoms with Gasteiger partial charge in [-0.05, 0) is 78.9 Å². The van der Waals surface area contributed by atoms with E-state index in [1.165, 1.54) is 12.1 Å². The highest BCUT2D eigenvalue weighted by molar-refractivity contribution is 6.08. The predicted octanol–water partition coefficient (Wildman–Crippen LogP) is 7.81. The molecule has 1 saturated heterocycles. The van der Waals surface area contributed by atoms with Crippen molar-refractivity contribution in [2.75, 3.05) is 30.3 Å². The molecule has 0 aliphatic carbocycles. The molecule has 1 aliphatic heterocycles. The van der Waals surface area contributed by atoms with Crippen molar-refractivity contribution in [3.8, 4) is 11.1 Å². The lowest BCUT2D eigenvalue weighted by Gasteiger charge is -2.37. The first kappa shape index (κ1) is 30.8. The summed E-state index contributed by atoms with van der Waals surface area (Å²) < 4.78 is 44.4. The number of carbonyl (C=O) groups is 2. The van der Waals surface area contributed by atoms with E-state index in [1.54, 1.807) is 24.3 Å². The van der Waals surface area contributed by atoms with Crippen LogP contribution in [-0.4, -0.2) is 42.5 Å². The molecule has 1 fully saturated rings. The van der Waals surface area contributed by atoms with Gasteiger partial charge in [-0.2, -0.15) is 13.2 Å². The third-order valence-electron chi connectivity index (χ3n) is 7.73. The maximum absolute atomic E-state index is 13.2. The van der Waals surface area contributed by atoms with E-state index in [2.05, 4.69) is 15.5 Å². The molecule has 228 valence electrons. The van der Waals surface area contributed by atoms with E-state index < -0.39 is 17.8 Å². The summed E-state index contributed by atoms with van der Waals surface area (Å²) in [6.45, 7) is 3.63. The molecule has 0 spiro atoms. The number of piperidine rings is 1. The highest BCUT2D eigenvalue weighted by Gasteiger charge is 2.32. The zero-order valence-corrected chi connectivity index (χ0v) is 24.3. The zero-order valence-electron chi connectivity index (χ0n) is 24.3. The summed E-state index contributed by atoms with van der Waals surface area (Å²) in [5.41, 5.74) is 3.12. The number of carbonyl (C=O) groups excluding carboxylic acids is 2. The second-order valence-electron chi connectivity index (χ2n) is 10.7. The molecule has 0 bridgehead atoms. The molecule has 4 aromatic rings. The van der Waals surface area contributed by atoms with Crippen LogP contribution in [0.1, 0.15) is 47.3 Å². The van der Waals surface area contributed by atoms with Gasteiger partial charge in [0.05, 0.1) is 12.2 Å². The molecule has 5 rings (SSSR count). The van der Waals surface area contributed by atoms with E-state index >= 15 is 0 Å². The Bertz CT molecular complexity index is 1550. The van der Waals surface area contributed by atoms with Gasteiger partial charge < -0.3 is 15.4 Å². The normalized spacial score (nSPS) is 14.9. The van der Waals surface area contributed by atoms with E-state index in [4.69, 9.17) is 4.74 Å². The molecule has 2 N–H and O–H groups in total. The Labute approximate surface area is 254 Å². The van der Waals surface area contributed by atoms with Gasteiger partial charge in [-0.3, -0.25) is 9.69 Å². The van der Waals surface area contributed by atoms with Crippen molar-refractivity contribution < 1.29 is 27.5 Å². The first-order valence-corrected chi connectivity index (χ1v) is 14.6. The summed E-state index contributed by atoms with van der Waals surface area (Å²) in [7, 11) is 0. The number of hydrogen-bond donors (Lipinski definition) is 2. The summed E-state index contributed by atoms with van der Waals surface area (Å²) in [4.78, 5) is 28.1. The highest BCUT2D eigenvalue weighted by Crippen LogP contribution is 2.32. The topological polar surface area (TPSA) is 70.7 Å². The van der Waals surface area contributed by atoms with Gasteiger partial charge in [0.2, 0.25) is 0 Å². The Morgan fingerprint density at radius 1 is 0.841 bits per heavy atom. The third-order valence-corrected chi connectivity index (χ3v) is 7.73. The molecule has 9 heteroatoms. The van der Waals surface area contributed by atoms with Crippen LogP contribution in [0.15, 0.2) is 103 Å². The molecule has 1 aliphatic rings. The van der Waals surface area contributed by atoms with Crippen molar-refractivity contribution in [1.82, 2.24) is 4.90 Å². The number of rotatable bonds is 9. The van der Waals surface area contributed by atoms with Crippen LogP contribution < -0.4 is 10.6 Å². The quantitative estimate of drug-likeness (QED) is 0.192. The summed E-state index contributed by atoms with van der Waals surface area (Å²) in [5.74, 6) is -0.590. The van der Waals surface area contributed by atoms with Crippen LogP contribution in [0.3, 0.4) is 0 Å². The largest absolute Gasteiger partial charge is 0.465 e. The van der Waals surface area contributed by atoms with Crippen molar-refractivity contribution in [2.45, 2.75) is 38.0 Å². The van der Waals surface area contributed by atoms with Crippen LogP contribution in [0.5, 0.6) is 0 Å². The van der Waals surface area contributed by atoms with E-state index in [-0.39, 0.29) is 17.9 Å². The minimum Gasteiger partial charge on any atom is -0.465 e. The molecule has 1 unspecified atom stereocenters. The Kier molecular flexibility index (Phi) is 9.65. The molecule has 0 saturated carbocycles. The molecule has 44 heavy (non-hydrogen) atoms. The molecule has 6 nitrogen and oxygen atoms in total. The Hall–Kier alpha value is -4.63. The van der Waals surface area contributed by atoms with Crippen molar-refractivity contribution in [2.24, 2.45) is 0 Å². The maximum atomic E-state index is 13.2. The predicted molar refractivity (Wildman–Crippen MR) is 165 cm³/mol. The second-order valence-corrected chi connectivity index (χ2v) is 10.7. The molecule has 0 radical (unpaired) electrons. The average Bonchev–Trinajstić information content (AvgIpc) is 3.03. The Morgan fingerprint density at radius 2 is 1.45 bits per heavy atom. The monoisotopic (exact) mass is 601 g/mol. The van der Waals surface area contributed by atoms with E-state index in [9.17, 15) is 22.8 Å². The van der Waals surface area contributed by atoms with Crippen LogP contribution in [0.2, 0.25) is 0 Å². The smallest absolute Gasteiger partial charge is 0.416 e. The minimum atomic E-state index is -4.43. The molecular weight excluding hydrogens is 567 g/mol. The molecule has 1 heterocycles. The van der Waals surface area contributed by atoms with Gasteiger partial charge in [0.15, 0.2) is 0 Å². The van der Waals surface area contributed by atoms with E-state index in [1.807, 2.05) is 61.5 Å². The zero-order chi connectivity index (χ0) is 31.1. The number of anilines is 2. The molecular formula is C35H34F3N3O3. The average molecular weight is 602 g/mol. The van der Waals surface area contributed by atoms with E-state index in [0.29, 0.717) is 29.0 Å². The van der Waals surface area contributed by atoms with Gasteiger partial charge in [-0.25, -0.2) is 4.79 Å². The Balaban J connectivity index is 1.18. The number of nitrogens with zero attached hydrogens (tertiary/aromatic N) is 1. The number of amides is 1. The van der Waals surface area contributed by atoms with Gasteiger partial charge in [0.1, 0.15) is 6.04 Å². The van der Waals surface area contributed by atoms with Crippen molar-refractivity contribution in [3.63, 3.8) is 0 Å². The number of esters is 1. The first-order valence-electron chi connectivity index (χ1n) is 14.6. The number of alkyl halides is 3. The number of halogens is 3. The lowest BCUT2D eigenvalue weighted by molar-refractivity contribution is -0.150. The minimum absolute atomic E-state index is 0.223.